The molecule has 2 aliphatic heterocycles. The fraction of sp³-hybridized carbons (Fsp3) is 0.526. The number of halogens is 1. The van der Waals surface area contributed by atoms with Crippen LogP contribution in [0.15, 0.2) is 22.7 Å². The molecule has 0 aromatic heterocycles. The third-order valence-corrected chi connectivity index (χ3v) is 6.11. The van der Waals surface area contributed by atoms with Crippen molar-refractivity contribution in [2.24, 2.45) is 0 Å². The molecule has 1 spiro atoms. The summed E-state index contributed by atoms with van der Waals surface area (Å²) in [5.74, 6) is 0.408. The number of benzene rings is 1. The number of carbonyl (C=O) groups excluding carboxylic acids is 3. The van der Waals surface area contributed by atoms with E-state index in [1.165, 1.54) is 4.90 Å². The number of carbonyl (C=O) groups is 3. The van der Waals surface area contributed by atoms with Crippen molar-refractivity contribution < 1.29 is 19.1 Å². The summed E-state index contributed by atoms with van der Waals surface area (Å²) in [4.78, 5) is 38.5. The first-order valence-electron chi connectivity index (χ1n) is 9.34. The lowest BCUT2D eigenvalue weighted by molar-refractivity contribution is -0.131. The average molecular weight is 436 g/mol. The van der Waals surface area contributed by atoms with E-state index in [4.69, 9.17) is 4.74 Å². The van der Waals surface area contributed by atoms with Crippen LogP contribution in [0.1, 0.15) is 50.1 Å². The van der Waals surface area contributed by atoms with Crippen LogP contribution in [0.3, 0.4) is 0 Å². The topological polar surface area (TPSA) is 87.7 Å². The number of nitrogens with zero attached hydrogens (tertiary/aromatic N) is 1. The van der Waals surface area contributed by atoms with Crippen molar-refractivity contribution in [3.8, 4) is 5.75 Å². The van der Waals surface area contributed by atoms with Gasteiger partial charge in [-0.15, -0.1) is 0 Å². The SMILES string of the molecule is O=C(CCN1C(=O)NC2(CCCC2)C1=O)NC1CCOc2ccc(Br)cc21. The summed E-state index contributed by atoms with van der Waals surface area (Å²) in [7, 11) is 0. The molecule has 2 N–H and O–H groups in total. The van der Waals surface area contributed by atoms with Crippen LogP contribution in [0.5, 0.6) is 5.75 Å². The zero-order valence-electron chi connectivity index (χ0n) is 14.9. The molecule has 1 aromatic rings. The Bertz CT molecular complexity index is 791. The van der Waals surface area contributed by atoms with Gasteiger partial charge in [0.25, 0.3) is 5.91 Å². The minimum absolute atomic E-state index is 0.0932. The van der Waals surface area contributed by atoms with E-state index in [0.717, 1.165) is 28.6 Å². The molecule has 1 aliphatic carbocycles. The number of fused-ring (bicyclic) bond motifs is 1. The number of urea groups is 1. The van der Waals surface area contributed by atoms with Gasteiger partial charge in [0.15, 0.2) is 0 Å². The van der Waals surface area contributed by atoms with Gasteiger partial charge in [0.1, 0.15) is 11.3 Å². The molecule has 2 fully saturated rings. The van der Waals surface area contributed by atoms with Crippen molar-refractivity contribution in [3.63, 3.8) is 0 Å². The Hall–Kier alpha value is -2.09. The highest BCUT2D eigenvalue weighted by Gasteiger charge is 2.52. The van der Waals surface area contributed by atoms with E-state index in [1.54, 1.807) is 0 Å². The van der Waals surface area contributed by atoms with Crippen LogP contribution in [-0.4, -0.2) is 41.4 Å². The van der Waals surface area contributed by atoms with E-state index < -0.39 is 5.54 Å². The maximum atomic E-state index is 12.6. The first-order chi connectivity index (χ1) is 13.0. The van der Waals surface area contributed by atoms with Gasteiger partial charge in [-0.1, -0.05) is 28.8 Å². The zero-order valence-corrected chi connectivity index (χ0v) is 16.5. The summed E-state index contributed by atoms with van der Waals surface area (Å²) in [6.07, 6.45) is 4.04. The fourth-order valence-corrected chi connectivity index (χ4v) is 4.57. The standard InChI is InChI=1S/C19H22BrN3O4/c20-12-3-4-15-13(11-12)14(6-10-27-15)21-16(24)5-9-23-17(25)19(22-18(23)26)7-1-2-8-19/h3-4,11,14H,1-2,5-10H2,(H,21,24)(H,22,26). The molecule has 3 aliphatic rings. The van der Waals surface area contributed by atoms with E-state index in [2.05, 4.69) is 26.6 Å². The molecule has 1 unspecified atom stereocenters. The Morgan fingerprint density at radius 2 is 2.11 bits per heavy atom. The molecule has 1 saturated carbocycles. The molecule has 0 radical (unpaired) electrons. The average Bonchev–Trinajstić information content (AvgIpc) is 3.20. The molecule has 144 valence electrons. The highest BCUT2D eigenvalue weighted by molar-refractivity contribution is 9.10. The summed E-state index contributed by atoms with van der Waals surface area (Å²) in [6, 6.07) is 5.21. The molecular formula is C19H22BrN3O4. The molecule has 4 amide bonds. The van der Waals surface area contributed by atoms with Gasteiger partial charge < -0.3 is 15.4 Å². The van der Waals surface area contributed by atoms with Crippen molar-refractivity contribution in [3.05, 3.63) is 28.2 Å². The largest absolute Gasteiger partial charge is 0.493 e. The second-order valence-electron chi connectivity index (χ2n) is 7.37. The van der Waals surface area contributed by atoms with Crippen LogP contribution in [0, 0.1) is 0 Å². The number of imide groups is 1. The van der Waals surface area contributed by atoms with Crippen LogP contribution in [-0.2, 0) is 9.59 Å². The predicted octanol–water partition coefficient (Wildman–Crippen LogP) is 2.64. The molecule has 4 rings (SSSR count). The predicted molar refractivity (Wildman–Crippen MR) is 101 cm³/mol. The van der Waals surface area contributed by atoms with E-state index in [-0.39, 0.29) is 36.9 Å². The summed E-state index contributed by atoms with van der Waals surface area (Å²) in [6.45, 7) is 0.641. The third kappa shape index (κ3) is 3.42. The highest BCUT2D eigenvalue weighted by Crippen LogP contribution is 2.36. The zero-order chi connectivity index (χ0) is 19.0. The number of ether oxygens (including phenoxy) is 1. The summed E-state index contributed by atoms with van der Waals surface area (Å²) >= 11 is 3.45. The van der Waals surface area contributed by atoms with Crippen LogP contribution >= 0.6 is 15.9 Å². The second-order valence-corrected chi connectivity index (χ2v) is 8.28. The van der Waals surface area contributed by atoms with E-state index in [9.17, 15) is 14.4 Å². The lowest BCUT2D eigenvalue weighted by Crippen LogP contribution is -2.44. The molecule has 8 heteroatoms. The van der Waals surface area contributed by atoms with Gasteiger partial charge in [0.05, 0.1) is 12.6 Å². The number of amides is 4. The Kier molecular flexibility index (Phi) is 4.84. The van der Waals surface area contributed by atoms with Gasteiger partial charge in [0.2, 0.25) is 5.91 Å². The quantitative estimate of drug-likeness (QED) is 0.711. The minimum Gasteiger partial charge on any atom is -0.493 e. The van der Waals surface area contributed by atoms with Crippen LogP contribution in [0.25, 0.3) is 0 Å². The van der Waals surface area contributed by atoms with Crippen LogP contribution < -0.4 is 15.4 Å². The number of hydrogen-bond donors (Lipinski definition) is 2. The Morgan fingerprint density at radius 3 is 2.89 bits per heavy atom. The van der Waals surface area contributed by atoms with Gasteiger partial charge in [-0.05, 0) is 31.0 Å². The maximum absolute atomic E-state index is 12.6. The molecular weight excluding hydrogens is 414 g/mol. The maximum Gasteiger partial charge on any atom is 0.325 e. The number of nitrogens with one attached hydrogen (secondary N) is 2. The van der Waals surface area contributed by atoms with Gasteiger partial charge in [-0.25, -0.2) is 4.79 Å². The summed E-state index contributed by atoms with van der Waals surface area (Å²) < 4.78 is 6.56. The number of hydrogen-bond acceptors (Lipinski definition) is 4. The van der Waals surface area contributed by atoms with E-state index >= 15 is 0 Å². The van der Waals surface area contributed by atoms with E-state index in [0.29, 0.717) is 25.9 Å². The van der Waals surface area contributed by atoms with Crippen molar-refractivity contribution >= 4 is 33.8 Å². The van der Waals surface area contributed by atoms with Gasteiger partial charge in [0, 0.05) is 29.4 Å². The normalized spacial score (nSPS) is 23.1. The second kappa shape index (κ2) is 7.14. The summed E-state index contributed by atoms with van der Waals surface area (Å²) in [5.41, 5.74) is 0.211. The van der Waals surface area contributed by atoms with Gasteiger partial charge in [-0.3, -0.25) is 14.5 Å². The Balaban J connectivity index is 1.36. The first-order valence-corrected chi connectivity index (χ1v) is 10.1. The molecule has 1 aromatic carbocycles. The molecule has 7 nitrogen and oxygen atoms in total. The minimum atomic E-state index is -0.723. The fourth-order valence-electron chi connectivity index (χ4n) is 4.19. The molecule has 0 bridgehead atoms. The van der Waals surface area contributed by atoms with E-state index in [1.807, 2.05) is 18.2 Å². The first kappa shape index (κ1) is 18.3. The lowest BCUT2D eigenvalue weighted by atomic mass is 9.98. The molecule has 2 heterocycles. The molecule has 1 atom stereocenters. The van der Waals surface area contributed by atoms with Crippen molar-refractivity contribution in [2.45, 2.75) is 50.1 Å². The smallest absolute Gasteiger partial charge is 0.325 e. The Labute approximate surface area is 165 Å². The van der Waals surface area contributed by atoms with Crippen molar-refractivity contribution in [2.75, 3.05) is 13.2 Å². The molecule has 1 saturated heterocycles. The van der Waals surface area contributed by atoms with Gasteiger partial charge >= 0.3 is 6.03 Å². The van der Waals surface area contributed by atoms with Crippen LogP contribution in [0.2, 0.25) is 0 Å². The molecule has 27 heavy (non-hydrogen) atoms. The Morgan fingerprint density at radius 1 is 1.33 bits per heavy atom. The lowest BCUT2D eigenvalue weighted by Gasteiger charge is -2.27. The summed E-state index contributed by atoms with van der Waals surface area (Å²) in [5, 5.41) is 5.84. The third-order valence-electron chi connectivity index (χ3n) is 5.61. The number of rotatable bonds is 4. The van der Waals surface area contributed by atoms with Gasteiger partial charge in [-0.2, -0.15) is 0 Å². The van der Waals surface area contributed by atoms with Crippen LogP contribution in [0.4, 0.5) is 4.79 Å². The monoisotopic (exact) mass is 435 g/mol. The van der Waals surface area contributed by atoms with Crippen molar-refractivity contribution in [1.29, 1.82) is 0 Å². The van der Waals surface area contributed by atoms with Crippen molar-refractivity contribution in [1.82, 2.24) is 15.5 Å². The highest BCUT2D eigenvalue weighted by atomic mass is 79.9.